The lowest BCUT2D eigenvalue weighted by Gasteiger charge is -2.10. The highest BCUT2D eigenvalue weighted by Crippen LogP contribution is 2.27. The predicted molar refractivity (Wildman–Crippen MR) is 56.4 cm³/mol. The molecule has 1 aromatic rings. The average molecular weight is 259 g/mol. The van der Waals surface area contributed by atoms with Crippen LogP contribution in [0.4, 0.5) is 8.78 Å². The van der Waals surface area contributed by atoms with E-state index in [4.69, 9.17) is 5.26 Å². The predicted octanol–water partition coefficient (Wildman–Crippen LogP) is 2.23. The third-order valence-electron chi connectivity index (χ3n) is 1.84. The molecule has 0 atom stereocenters. The standard InChI is InChI=1S/C10H7F2NO3S/c1-15-9(14)6-3-8(17)5(4-13)2-7(6)16-10(11)12/h2-3,10,17H,1H3. The summed E-state index contributed by atoms with van der Waals surface area (Å²) in [6, 6.07) is 3.90. The number of carbonyl (C=O) groups is 1. The lowest BCUT2D eigenvalue weighted by atomic mass is 10.1. The number of thiol groups is 1. The van der Waals surface area contributed by atoms with Crippen LogP contribution in [-0.2, 0) is 4.74 Å². The van der Waals surface area contributed by atoms with Crippen molar-refractivity contribution in [3.63, 3.8) is 0 Å². The molecule has 1 rings (SSSR count). The molecule has 0 N–H and O–H groups in total. The summed E-state index contributed by atoms with van der Waals surface area (Å²) in [6.07, 6.45) is 0. The number of nitrogens with zero attached hydrogens (tertiary/aromatic N) is 1. The molecule has 1 aromatic carbocycles. The van der Waals surface area contributed by atoms with E-state index in [1.807, 2.05) is 0 Å². The first-order valence-electron chi connectivity index (χ1n) is 4.29. The van der Waals surface area contributed by atoms with E-state index in [9.17, 15) is 13.6 Å². The fourth-order valence-corrected chi connectivity index (χ4v) is 1.36. The lowest BCUT2D eigenvalue weighted by Crippen LogP contribution is -2.09. The fraction of sp³-hybridized carbons (Fsp3) is 0.200. The van der Waals surface area contributed by atoms with E-state index in [0.29, 0.717) is 0 Å². The van der Waals surface area contributed by atoms with Gasteiger partial charge in [0, 0.05) is 11.0 Å². The molecule has 7 heteroatoms. The van der Waals surface area contributed by atoms with E-state index in [2.05, 4.69) is 22.1 Å². The number of methoxy groups -OCH3 is 1. The van der Waals surface area contributed by atoms with Crippen LogP contribution in [0.5, 0.6) is 5.75 Å². The molecule has 0 amide bonds. The first-order valence-corrected chi connectivity index (χ1v) is 4.74. The van der Waals surface area contributed by atoms with Crippen LogP contribution in [0.1, 0.15) is 15.9 Å². The van der Waals surface area contributed by atoms with Gasteiger partial charge in [-0.25, -0.2) is 4.79 Å². The van der Waals surface area contributed by atoms with Gasteiger partial charge in [0.15, 0.2) is 0 Å². The monoisotopic (exact) mass is 259 g/mol. The Kier molecular flexibility index (Phi) is 4.29. The van der Waals surface area contributed by atoms with Crippen molar-refractivity contribution in [1.29, 1.82) is 5.26 Å². The molecule has 0 saturated carbocycles. The van der Waals surface area contributed by atoms with Gasteiger partial charge in [-0.1, -0.05) is 0 Å². The summed E-state index contributed by atoms with van der Waals surface area (Å²) >= 11 is 3.95. The fourth-order valence-electron chi connectivity index (χ4n) is 1.12. The van der Waals surface area contributed by atoms with Crippen molar-refractivity contribution in [2.24, 2.45) is 0 Å². The highest BCUT2D eigenvalue weighted by atomic mass is 32.1. The molecule has 17 heavy (non-hydrogen) atoms. The van der Waals surface area contributed by atoms with E-state index < -0.39 is 18.3 Å². The average Bonchev–Trinajstić information content (AvgIpc) is 2.29. The number of hydrogen-bond acceptors (Lipinski definition) is 5. The van der Waals surface area contributed by atoms with Crippen LogP contribution in [0.3, 0.4) is 0 Å². The van der Waals surface area contributed by atoms with Crippen LogP contribution in [0, 0.1) is 11.3 Å². The summed E-state index contributed by atoms with van der Waals surface area (Å²) in [5.41, 5.74) is -0.187. The quantitative estimate of drug-likeness (QED) is 0.668. The third kappa shape index (κ3) is 3.07. The van der Waals surface area contributed by atoms with Gasteiger partial charge in [-0.2, -0.15) is 14.0 Å². The Hall–Kier alpha value is -1.81. The molecule has 0 saturated heterocycles. The van der Waals surface area contributed by atoms with Gasteiger partial charge < -0.3 is 9.47 Å². The van der Waals surface area contributed by atoms with Gasteiger partial charge in [0.1, 0.15) is 17.4 Å². The van der Waals surface area contributed by atoms with Crippen LogP contribution in [-0.4, -0.2) is 19.7 Å². The van der Waals surface area contributed by atoms with E-state index in [1.54, 1.807) is 6.07 Å². The van der Waals surface area contributed by atoms with E-state index in [-0.39, 0.29) is 16.0 Å². The highest BCUT2D eigenvalue weighted by Gasteiger charge is 2.18. The Morgan fingerprint density at radius 1 is 1.53 bits per heavy atom. The molecular formula is C10H7F2NO3S. The van der Waals surface area contributed by atoms with Crippen LogP contribution in [0.25, 0.3) is 0 Å². The number of benzene rings is 1. The van der Waals surface area contributed by atoms with Crippen molar-refractivity contribution in [1.82, 2.24) is 0 Å². The van der Waals surface area contributed by atoms with E-state index >= 15 is 0 Å². The summed E-state index contributed by atoms with van der Waals surface area (Å²) in [5, 5.41) is 8.71. The van der Waals surface area contributed by atoms with Crippen molar-refractivity contribution in [3.8, 4) is 11.8 Å². The number of alkyl halides is 2. The molecule has 0 aromatic heterocycles. The zero-order valence-corrected chi connectivity index (χ0v) is 9.50. The molecule has 0 aliphatic heterocycles. The summed E-state index contributed by atoms with van der Waals surface area (Å²) in [4.78, 5) is 11.5. The maximum atomic E-state index is 12.1. The molecule has 90 valence electrons. The summed E-state index contributed by atoms with van der Waals surface area (Å²) in [5.74, 6) is -1.26. The maximum absolute atomic E-state index is 12.1. The smallest absolute Gasteiger partial charge is 0.387 e. The molecule has 4 nitrogen and oxygen atoms in total. The maximum Gasteiger partial charge on any atom is 0.387 e. The van der Waals surface area contributed by atoms with Crippen molar-refractivity contribution in [3.05, 3.63) is 23.3 Å². The first kappa shape index (κ1) is 13.3. The van der Waals surface area contributed by atoms with Crippen LogP contribution >= 0.6 is 12.6 Å². The molecule has 0 aliphatic carbocycles. The largest absolute Gasteiger partial charge is 0.465 e. The molecular weight excluding hydrogens is 252 g/mol. The second-order valence-electron chi connectivity index (χ2n) is 2.85. The molecule has 0 aliphatic rings. The number of esters is 1. The van der Waals surface area contributed by atoms with E-state index in [0.717, 1.165) is 19.2 Å². The van der Waals surface area contributed by atoms with Crippen molar-refractivity contribution >= 4 is 18.6 Å². The Morgan fingerprint density at radius 3 is 2.65 bits per heavy atom. The molecule has 0 heterocycles. The second kappa shape index (κ2) is 5.50. The topological polar surface area (TPSA) is 59.3 Å². The summed E-state index contributed by atoms with van der Waals surface area (Å²) in [7, 11) is 1.10. The summed E-state index contributed by atoms with van der Waals surface area (Å²) in [6.45, 7) is -3.10. The molecule has 0 spiro atoms. The number of ether oxygens (including phenoxy) is 2. The molecule has 0 bridgehead atoms. The van der Waals surface area contributed by atoms with Gasteiger partial charge in [-0.15, -0.1) is 12.6 Å². The van der Waals surface area contributed by atoms with Crippen molar-refractivity contribution in [2.75, 3.05) is 7.11 Å². The zero-order valence-electron chi connectivity index (χ0n) is 8.61. The Morgan fingerprint density at radius 2 is 2.18 bits per heavy atom. The third-order valence-corrected chi connectivity index (χ3v) is 2.21. The first-order chi connectivity index (χ1) is 7.99. The second-order valence-corrected chi connectivity index (χ2v) is 3.33. The molecule has 0 unspecified atom stereocenters. The Bertz CT molecular complexity index is 485. The van der Waals surface area contributed by atoms with Gasteiger partial charge in [0.2, 0.25) is 0 Å². The number of halogens is 2. The van der Waals surface area contributed by atoms with Gasteiger partial charge in [-0.05, 0) is 6.07 Å². The van der Waals surface area contributed by atoms with Crippen LogP contribution < -0.4 is 4.74 Å². The Balaban J connectivity index is 3.31. The van der Waals surface area contributed by atoms with E-state index in [1.165, 1.54) is 0 Å². The zero-order chi connectivity index (χ0) is 13.0. The van der Waals surface area contributed by atoms with Crippen molar-refractivity contribution in [2.45, 2.75) is 11.5 Å². The van der Waals surface area contributed by atoms with Crippen LogP contribution in [0.15, 0.2) is 17.0 Å². The number of hydrogen-bond donors (Lipinski definition) is 1. The van der Waals surface area contributed by atoms with Crippen molar-refractivity contribution < 1.29 is 23.0 Å². The highest BCUT2D eigenvalue weighted by molar-refractivity contribution is 7.80. The summed E-state index contributed by atoms with van der Waals surface area (Å²) < 4.78 is 32.8. The number of rotatable bonds is 3. The minimum atomic E-state index is -3.10. The van der Waals surface area contributed by atoms with Gasteiger partial charge in [0.25, 0.3) is 0 Å². The molecule has 0 radical (unpaired) electrons. The van der Waals surface area contributed by atoms with Gasteiger partial charge >= 0.3 is 12.6 Å². The Labute approximate surface area is 101 Å². The minimum absolute atomic E-state index is 0.0247. The number of carbonyl (C=O) groups excluding carboxylic acids is 1. The lowest BCUT2D eigenvalue weighted by molar-refractivity contribution is -0.0504. The normalized spacial score (nSPS) is 9.88. The SMILES string of the molecule is COC(=O)c1cc(S)c(C#N)cc1OC(F)F. The molecule has 0 fully saturated rings. The van der Waals surface area contributed by atoms with Crippen LogP contribution in [0.2, 0.25) is 0 Å². The minimum Gasteiger partial charge on any atom is -0.465 e. The van der Waals surface area contributed by atoms with Gasteiger partial charge in [-0.3, -0.25) is 0 Å². The van der Waals surface area contributed by atoms with Gasteiger partial charge in [0.05, 0.1) is 12.7 Å². The number of nitriles is 1.